The molecule has 132 valence electrons. The number of aryl methyl sites for hydroxylation is 1. The number of benzene rings is 4. The van der Waals surface area contributed by atoms with Crippen LogP contribution < -0.4 is 4.90 Å². The summed E-state index contributed by atoms with van der Waals surface area (Å²) < 4.78 is 0. The second-order valence-corrected chi connectivity index (χ2v) is 6.77. The van der Waals surface area contributed by atoms with Gasteiger partial charge in [-0.05, 0) is 54.8 Å². The lowest BCUT2D eigenvalue weighted by Crippen LogP contribution is -2.12. The molecule has 4 rings (SSSR count). The molecule has 0 aliphatic heterocycles. The third kappa shape index (κ3) is 3.37. The molecular formula is C26H23N. The Bertz CT molecular complexity index is 1040. The van der Waals surface area contributed by atoms with Gasteiger partial charge in [-0.2, -0.15) is 0 Å². The van der Waals surface area contributed by atoms with Crippen LogP contribution in [0.2, 0.25) is 0 Å². The molecule has 4 aromatic carbocycles. The average Bonchev–Trinajstić information content (AvgIpc) is 2.73. The van der Waals surface area contributed by atoms with Crippen molar-refractivity contribution in [3.63, 3.8) is 0 Å². The van der Waals surface area contributed by atoms with Crippen molar-refractivity contribution < 1.29 is 0 Å². The fourth-order valence-electron chi connectivity index (χ4n) is 3.49. The summed E-state index contributed by atoms with van der Waals surface area (Å²) >= 11 is 0. The monoisotopic (exact) mass is 349 g/mol. The van der Waals surface area contributed by atoms with Crippen molar-refractivity contribution >= 4 is 17.1 Å². The fraction of sp³-hybridized carbons (Fsp3) is 0.0769. The van der Waals surface area contributed by atoms with Gasteiger partial charge in [0.05, 0.1) is 5.69 Å². The van der Waals surface area contributed by atoms with E-state index in [1.54, 1.807) is 0 Å². The molecule has 1 heteroatoms. The lowest BCUT2D eigenvalue weighted by atomic mass is 10.0. The predicted octanol–water partition coefficient (Wildman–Crippen LogP) is 7.44. The Hall–Kier alpha value is -3.32. The van der Waals surface area contributed by atoms with Crippen molar-refractivity contribution in [3.05, 3.63) is 114 Å². The maximum Gasteiger partial charge on any atom is 0.0540 e. The molecule has 0 unspecified atom stereocenters. The molecule has 0 aromatic heterocycles. The summed E-state index contributed by atoms with van der Waals surface area (Å²) in [6.45, 7) is 4.37. The Kier molecular flexibility index (Phi) is 4.76. The Morgan fingerprint density at radius 2 is 1.11 bits per heavy atom. The summed E-state index contributed by atoms with van der Waals surface area (Å²) in [6, 6.07) is 36.3. The molecular weight excluding hydrogens is 326 g/mol. The average molecular weight is 349 g/mol. The van der Waals surface area contributed by atoms with E-state index in [1.807, 2.05) is 0 Å². The van der Waals surface area contributed by atoms with Crippen LogP contribution in [0.15, 0.2) is 103 Å². The van der Waals surface area contributed by atoms with E-state index < -0.39 is 0 Å². The minimum Gasteiger partial charge on any atom is -0.310 e. The van der Waals surface area contributed by atoms with Gasteiger partial charge in [0, 0.05) is 16.9 Å². The van der Waals surface area contributed by atoms with Crippen molar-refractivity contribution in [2.24, 2.45) is 0 Å². The fourth-order valence-corrected chi connectivity index (χ4v) is 3.49. The number of rotatable bonds is 4. The van der Waals surface area contributed by atoms with E-state index in [-0.39, 0.29) is 0 Å². The second kappa shape index (κ2) is 7.51. The van der Waals surface area contributed by atoms with Crippen LogP contribution in [0.1, 0.15) is 11.1 Å². The van der Waals surface area contributed by atoms with E-state index in [4.69, 9.17) is 0 Å². The summed E-state index contributed by atoms with van der Waals surface area (Å²) in [5.41, 5.74) is 8.60. The van der Waals surface area contributed by atoms with Crippen molar-refractivity contribution in [2.75, 3.05) is 4.90 Å². The first-order chi connectivity index (χ1) is 13.3. The molecule has 0 aliphatic carbocycles. The maximum absolute atomic E-state index is 2.37. The number of hydrogen-bond acceptors (Lipinski definition) is 1. The lowest BCUT2D eigenvalue weighted by Gasteiger charge is -2.29. The van der Waals surface area contributed by atoms with Crippen molar-refractivity contribution in [1.82, 2.24) is 0 Å². The molecule has 0 atom stereocenters. The van der Waals surface area contributed by atoms with Crippen LogP contribution in [0.4, 0.5) is 17.1 Å². The third-order valence-corrected chi connectivity index (χ3v) is 5.06. The summed E-state index contributed by atoms with van der Waals surface area (Å²) in [5.74, 6) is 0. The van der Waals surface area contributed by atoms with Crippen molar-refractivity contribution in [3.8, 4) is 11.1 Å². The Balaban J connectivity index is 1.98. The Morgan fingerprint density at radius 3 is 1.85 bits per heavy atom. The smallest absolute Gasteiger partial charge is 0.0540 e. The highest BCUT2D eigenvalue weighted by atomic mass is 15.1. The van der Waals surface area contributed by atoms with Crippen LogP contribution in [0.5, 0.6) is 0 Å². The minimum atomic E-state index is 1.16. The third-order valence-electron chi connectivity index (χ3n) is 5.06. The lowest BCUT2D eigenvalue weighted by molar-refractivity contribution is 1.22. The first kappa shape index (κ1) is 17.1. The molecule has 1 nitrogen and oxygen atoms in total. The van der Waals surface area contributed by atoms with Gasteiger partial charge in [-0.1, -0.05) is 78.9 Å². The maximum atomic E-state index is 2.37. The second-order valence-electron chi connectivity index (χ2n) is 6.77. The molecule has 0 saturated carbocycles. The summed E-state index contributed by atoms with van der Waals surface area (Å²) in [7, 11) is 0. The number of nitrogens with zero attached hydrogens (tertiary/aromatic N) is 1. The standard InChI is InChI=1S/C26H23N/c1-20-12-11-19-25(21(20)2)27(23-15-7-4-8-16-23)26-18-10-9-17-24(26)22-13-5-3-6-14-22/h3-19H,1-2H3. The molecule has 0 N–H and O–H groups in total. The van der Waals surface area contributed by atoms with E-state index in [2.05, 4.69) is 122 Å². The number of para-hydroxylation sites is 2. The Morgan fingerprint density at radius 1 is 0.519 bits per heavy atom. The largest absolute Gasteiger partial charge is 0.310 e. The highest BCUT2D eigenvalue weighted by Gasteiger charge is 2.18. The van der Waals surface area contributed by atoms with Gasteiger partial charge in [0.2, 0.25) is 0 Å². The van der Waals surface area contributed by atoms with Crippen LogP contribution in [0, 0.1) is 13.8 Å². The van der Waals surface area contributed by atoms with E-state index >= 15 is 0 Å². The zero-order chi connectivity index (χ0) is 18.6. The van der Waals surface area contributed by atoms with Crippen molar-refractivity contribution in [2.45, 2.75) is 13.8 Å². The number of anilines is 3. The first-order valence-corrected chi connectivity index (χ1v) is 9.31. The topological polar surface area (TPSA) is 3.24 Å². The van der Waals surface area contributed by atoms with Gasteiger partial charge in [0.15, 0.2) is 0 Å². The first-order valence-electron chi connectivity index (χ1n) is 9.31. The zero-order valence-electron chi connectivity index (χ0n) is 15.8. The molecule has 0 amide bonds. The minimum absolute atomic E-state index is 1.16. The molecule has 4 aromatic rings. The van der Waals surface area contributed by atoms with Crippen LogP contribution in [-0.4, -0.2) is 0 Å². The Labute approximate surface area is 161 Å². The van der Waals surface area contributed by atoms with Gasteiger partial charge in [-0.15, -0.1) is 0 Å². The van der Waals surface area contributed by atoms with E-state index in [1.165, 1.54) is 33.6 Å². The molecule has 0 bridgehead atoms. The highest BCUT2D eigenvalue weighted by Crippen LogP contribution is 2.41. The van der Waals surface area contributed by atoms with Crippen LogP contribution in [0.25, 0.3) is 11.1 Å². The van der Waals surface area contributed by atoms with Crippen molar-refractivity contribution in [1.29, 1.82) is 0 Å². The van der Waals surface area contributed by atoms with Gasteiger partial charge >= 0.3 is 0 Å². The molecule has 0 fully saturated rings. The molecule has 0 radical (unpaired) electrons. The molecule has 0 heterocycles. The molecule has 27 heavy (non-hydrogen) atoms. The SMILES string of the molecule is Cc1cccc(N(c2ccccc2)c2ccccc2-c2ccccc2)c1C. The summed E-state index contributed by atoms with van der Waals surface area (Å²) in [5, 5.41) is 0. The van der Waals surface area contributed by atoms with E-state index in [0.717, 1.165) is 5.69 Å². The summed E-state index contributed by atoms with van der Waals surface area (Å²) in [6.07, 6.45) is 0. The quantitative estimate of drug-likeness (QED) is 0.370. The summed E-state index contributed by atoms with van der Waals surface area (Å²) in [4.78, 5) is 2.37. The number of hydrogen-bond donors (Lipinski definition) is 0. The van der Waals surface area contributed by atoms with Crippen LogP contribution >= 0.6 is 0 Å². The van der Waals surface area contributed by atoms with Gasteiger partial charge in [0.25, 0.3) is 0 Å². The zero-order valence-corrected chi connectivity index (χ0v) is 15.8. The van der Waals surface area contributed by atoms with E-state index in [0.29, 0.717) is 0 Å². The highest BCUT2D eigenvalue weighted by molar-refractivity contribution is 5.88. The molecule has 0 aliphatic rings. The van der Waals surface area contributed by atoms with Crippen LogP contribution in [-0.2, 0) is 0 Å². The van der Waals surface area contributed by atoms with E-state index in [9.17, 15) is 0 Å². The van der Waals surface area contributed by atoms with Gasteiger partial charge in [0.1, 0.15) is 0 Å². The predicted molar refractivity (Wildman–Crippen MR) is 116 cm³/mol. The molecule has 0 spiro atoms. The van der Waals surface area contributed by atoms with Crippen LogP contribution in [0.3, 0.4) is 0 Å². The molecule has 0 saturated heterocycles. The van der Waals surface area contributed by atoms with Gasteiger partial charge < -0.3 is 4.90 Å². The van der Waals surface area contributed by atoms with Gasteiger partial charge in [-0.25, -0.2) is 0 Å². The normalized spacial score (nSPS) is 10.6. The van der Waals surface area contributed by atoms with Gasteiger partial charge in [-0.3, -0.25) is 0 Å².